The van der Waals surface area contributed by atoms with Gasteiger partial charge in [-0.25, -0.2) is 0 Å². The second-order valence-corrected chi connectivity index (χ2v) is 5.54. The smallest absolute Gasteiger partial charge is 0.261 e. The Bertz CT molecular complexity index is 565. The summed E-state index contributed by atoms with van der Waals surface area (Å²) in [5.74, 6) is 0.471. The average Bonchev–Trinajstić information content (AvgIpc) is 3.00. The third kappa shape index (κ3) is 1.99. The van der Waals surface area contributed by atoms with Crippen molar-refractivity contribution in [1.29, 1.82) is 0 Å². The molecule has 2 heterocycles. The number of nitrogens with zero attached hydrogens (tertiary/aromatic N) is 1. The van der Waals surface area contributed by atoms with Gasteiger partial charge in [-0.2, -0.15) is 5.10 Å². The molecule has 2 aromatic rings. The van der Waals surface area contributed by atoms with E-state index in [0.717, 1.165) is 23.3 Å². The molecule has 3 rings (SSSR count). The Morgan fingerprint density at radius 2 is 2.44 bits per heavy atom. The van der Waals surface area contributed by atoms with Crippen molar-refractivity contribution in [2.75, 3.05) is 5.73 Å². The highest BCUT2D eigenvalue weighted by Gasteiger charge is 2.18. The lowest BCUT2D eigenvalue weighted by Gasteiger charge is -2.02. The number of hydrogen-bond acceptors (Lipinski definition) is 4. The second kappa shape index (κ2) is 4.45. The largest absolute Gasteiger partial charge is 0.384 e. The lowest BCUT2D eigenvalue weighted by atomic mass is 10.2. The fraction of sp³-hybridized carbons (Fsp3) is 0.333. The zero-order valence-corrected chi connectivity index (χ0v) is 10.6. The molecule has 1 aliphatic carbocycles. The second-order valence-electron chi connectivity index (χ2n) is 4.40. The lowest BCUT2D eigenvalue weighted by molar-refractivity contribution is 0.0955. The number of nitrogen functional groups attached to an aromatic ring is 1. The van der Waals surface area contributed by atoms with Crippen molar-refractivity contribution in [2.45, 2.75) is 25.8 Å². The van der Waals surface area contributed by atoms with Gasteiger partial charge >= 0.3 is 0 Å². The monoisotopic (exact) mass is 262 g/mol. The van der Waals surface area contributed by atoms with Crippen LogP contribution in [0.4, 0.5) is 5.82 Å². The normalized spacial score (nSPS) is 13.6. The van der Waals surface area contributed by atoms with Crippen LogP contribution in [0.1, 0.15) is 32.1 Å². The highest BCUT2D eigenvalue weighted by Crippen LogP contribution is 2.30. The summed E-state index contributed by atoms with van der Waals surface area (Å²) in [5.41, 5.74) is 7.81. The van der Waals surface area contributed by atoms with Crippen LogP contribution in [-0.2, 0) is 19.4 Å². The quantitative estimate of drug-likeness (QED) is 0.783. The molecule has 2 aromatic heterocycles. The molecule has 0 spiro atoms. The Hall–Kier alpha value is -1.82. The third-order valence-corrected chi connectivity index (χ3v) is 4.40. The fourth-order valence-corrected chi connectivity index (χ4v) is 3.34. The molecule has 0 unspecified atom stereocenters. The first kappa shape index (κ1) is 11.3. The summed E-state index contributed by atoms with van der Waals surface area (Å²) in [6.07, 6.45) is 5.06. The molecule has 0 aliphatic heterocycles. The predicted octanol–water partition coefficient (Wildman–Crippen LogP) is 1.47. The van der Waals surface area contributed by atoms with Gasteiger partial charge in [-0.05, 0) is 30.9 Å². The molecule has 0 radical (unpaired) electrons. The molecule has 4 N–H and O–H groups in total. The SMILES string of the molecule is Nc1[nH]ncc1CNC(=O)c1cc2c(s1)CCC2. The fourth-order valence-electron chi connectivity index (χ4n) is 2.17. The summed E-state index contributed by atoms with van der Waals surface area (Å²) in [6, 6.07) is 2.01. The van der Waals surface area contributed by atoms with Gasteiger partial charge in [0.25, 0.3) is 5.91 Å². The maximum absolute atomic E-state index is 12.0. The number of nitrogens with one attached hydrogen (secondary N) is 2. The standard InChI is InChI=1S/C12H14N4OS/c13-11-8(6-15-16-11)5-14-12(17)10-4-7-2-1-3-9(7)18-10/h4,6H,1-3,5H2,(H,14,17)(H3,13,15,16). The summed E-state index contributed by atoms with van der Waals surface area (Å²) in [5, 5.41) is 9.32. The van der Waals surface area contributed by atoms with Gasteiger partial charge in [0.15, 0.2) is 0 Å². The van der Waals surface area contributed by atoms with Crippen molar-refractivity contribution in [3.05, 3.63) is 33.1 Å². The third-order valence-electron chi connectivity index (χ3n) is 3.16. The maximum atomic E-state index is 12.0. The molecule has 6 heteroatoms. The van der Waals surface area contributed by atoms with Gasteiger partial charge in [-0.3, -0.25) is 9.89 Å². The van der Waals surface area contributed by atoms with E-state index in [0.29, 0.717) is 12.4 Å². The van der Waals surface area contributed by atoms with E-state index in [1.165, 1.54) is 16.9 Å². The minimum absolute atomic E-state index is 0.0324. The van der Waals surface area contributed by atoms with Gasteiger partial charge in [0, 0.05) is 17.0 Å². The topological polar surface area (TPSA) is 83.8 Å². The average molecular weight is 262 g/mol. The highest BCUT2D eigenvalue weighted by molar-refractivity contribution is 7.14. The van der Waals surface area contributed by atoms with Gasteiger partial charge in [0.1, 0.15) is 5.82 Å². The number of aromatic amines is 1. The Labute approximate surface area is 108 Å². The molecular formula is C12H14N4OS. The number of rotatable bonds is 3. The molecule has 0 fully saturated rings. The molecule has 0 saturated heterocycles. The van der Waals surface area contributed by atoms with Gasteiger partial charge in [-0.1, -0.05) is 0 Å². The van der Waals surface area contributed by atoms with E-state index in [9.17, 15) is 4.79 Å². The van der Waals surface area contributed by atoms with Crippen LogP contribution in [0.3, 0.4) is 0 Å². The van der Waals surface area contributed by atoms with Gasteiger partial charge < -0.3 is 11.1 Å². The van der Waals surface area contributed by atoms with Crippen LogP contribution in [0, 0.1) is 0 Å². The number of thiophene rings is 1. The van der Waals surface area contributed by atoms with Gasteiger partial charge in [0.2, 0.25) is 0 Å². The molecule has 0 aromatic carbocycles. The van der Waals surface area contributed by atoms with E-state index < -0.39 is 0 Å². The van der Waals surface area contributed by atoms with Crippen LogP contribution in [0.5, 0.6) is 0 Å². The highest BCUT2D eigenvalue weighted by atomic mass is 32.1. The van der Waals surface area contributed by atoms with Crippen LogP contribution < -0.4 is 11.1 Å². The first-order chi connectivity index (χ1) is 8.74. The Balaban J connectivity index is 1.66. The van der Waals surface area contributed by atoms with Crippen molar-refractivity contribution < 1.29 is 4.79 Å². The van der Waals surface area contributed by atoms with Crippen LogP contribution in [-0.4, -0.2) is 16.1 Å². The minimum atomic E-state index is -0.0324. The van der Waals surface area contributed by atoms with Crippen LogP contribution in [0.15, 0.2) is 12.3 Å². The number of carbonyl (C=O) groups excluding carboxylic acids is 1. The van der Waals surface area contributed by atoms with Crippen molar-refractivity contribution in [3.63, 3.8) is 0 Å². The number of nitrogens with two attached hydrogens (primary N) is 1. The molecule has 0 saturated carbocycles. The number of H-pyrrole nitrogens is 1. The zero-order chi connectivity index (χ0) is 12.5. The van der Waals surface area contributed by atoms with Crippen LogP contribution in [0.2, 0.25) is 0 Å². The number of amides is 1. The number of hydrogen-bond donors (Lipinski definition) is 3. The molecule has 5 nitrogen and oxygen atoms in total. The van der Waals surface area contributed by atoms with E-state index in [4.69, 9.17) is 5.73 Å². The van der Waals surface area contributed by atoms with Crippen molar-refractivity contribution in [1.82, 2.24) is 15.5 Å². The van der Waals surface area contributed by atoms with E-state index in [1.807, 2.05) is 6.07 Å². The number of fused-ring (bicyclic) bond motifs is 1. The molecule has 94 valence electrons. The number of carbonyl (C=O) groups is 1. The first-order valence-electron chi connectivity index (χ1n) is 5.91. The molecule has 1 amide bonds. The summed E-state index contributed by atoms with van der Waals surface area (Å²) < 4.78 is 0. The van der Waals surface area contributed by atoms with Crippen molar-refractivity contribution in [3.8, 4) is 0 Å². The summed E-state index contributed by atoms with van der Waals surface area (Å²) in [7, 11) is 0. The van der Waals surface area contributed by atoms with Crippen molar-refractivity contribution >= 4 is 23.1 Å². The Morgan fingerprint density at radius 1 is 1.56 bits per heavy atom. The molecule has 0 atom stereocenters. The maximum Gasteiger partial charge on any atom is 0.261 e. The zero-order valence-electron chi connectivity index (χ0n) is 9.82. The van der Waals surface area contributed by atoms with E-state index in [2.05, 4.69) is 15.5 Å². The molecule has 1 aliphatic rings. The number of aromatic nitrogens is 2. The van der Waals surface area contributed by atoms with E-state index >= 15 is 0 Å². The van der Waals surface area contributed by atoms with Crippen molar-refractivity contribution in [2.24, 2.45) is 0 Å². The number of aryl methyl sites for hydroxylation is 2. The first-order valence-corrected chi connectivity index (χ1v) is 6.73. The minimum Gasteiger partial charge on any atom is -0.384 e. The summed E-state index contributed by atoms with van der Waals surface area (Å²) in [6.45, 7) is 0.406. The van der Waals surface area contributed by atoms with Crippen LogP contribution in [0.25, 0.3) is 0 Å². The molecular weight excluding hydrogens is 248 g/mol. The Morgan fingerprint density at radius 3 is 3.17 bits per heavy atom. The number of anilines is 1. The summed E-state index contributed by atoms with van der Waals surface area (Å²) in [4.78, 5) is 14.1. The summed E-state index contributed by atoms with van der Waals surface area (Å²) >= 11 is 1.60. The van der Waals surface area contributed by atoms with E-state index in [-0.39, 0.29) is 5.91 Å². The lowest BCUT2D eigenvalue weighted by Crippen LogP contribution is -2.22. The molecule has 18 heavy (non-hydrogen) atoms. The predicted molar refractivity (Wildman–Crippen MR) is 70.5 cm³/mol. The van der Waals surface area contributed by atoms with E-state index in [1.54, 1.807) is 17.5 Å². The van der Waals surface area contributed by atoms with Gasteiger partial charge in [-0.15, -0.1) is 11.3 Å². The molecule has 0 bridgehead atoms. The Kier molecular flexibility index (Phi) is 2.79. The van der Waals surface area contributed by atoms with Crippen LogP contribution >= 0.6 is 11.3 Å². The van der Waals surface area contributed by atoms with Gasteiger partial charge in [0.05, 0.1) is 11.1 Å².